The zero-order valence-corrected chi connectivity index (χ0v) is 19.4. The van der Waals surface area contributed by atoms with E-state index < -0.39 is 0 Å². The van der Waals surface area contributed by atoms with Crippen LogP contribution in [0.15, 0.2) is 64.0 Å². The van der Waals surface area contributed by atoms with E-state index in [1.54, 1.807) is 14.2 Å². The van der Waals surface area contributed by atoms with E-state index >= 15 is 0 Å². The van der Waals surface area contributed by atoms with E-state index in [-0.39, 0.29) is 6.79 Å². The Labute approximate surface area is 190 Å². The molecule has 166 valence electrons. The number of aromatic nitrogens is 1. The highest BCUT2D eigenvalue weighted by Crippen LogP contribution is 2.34. The molecule has 0 spiro atoms. The fraction of sp³-hybridized carbons (Fsp3) is 0.250. The Morgan fingerprint density at radius 2 is 1.91 bits per heavy atom. The molecule has 0 radical (unpaired) electrons. The molecule has 0 aliphatic carbocycles. The van der Waals surface area contributed by atoms with Crippen molar-refractivity contribution in [2.24, 2.45) is 10.1 Å². The normalized spacial score (nSPS) is 13.4. The first-order valence-corrected chi connectivity index (χ1v) is 10.9. The van der Waals surface area contributed by atoms with Gasteiger partial charge in [-0.05, 0) is 44.2 Å². The second-order valence-electron chi connectivity index (χ2n) is 7.31. The largest absolute Gasteiger partial charge is 0.497 e. The van der Waals surface area contributed by atoms with Gasteiger partial charge in [0, 0.05) is 22.6 Å². The number of rotatable bonds is 7. The molecule has 2 heterocycles. The van der Waals surface area contributed by atoms with Gasteiger partial charge in [0.05, 0.1) is 32.2 Å². The maximum absolute atomic E-state index is 5.63. The van der Waals surface area contributed by atoms with Crippen molar-refractivity contribution in [1.29, 1.82) is 0 Å². The van der Waals surface area contributed by atoms with Crippen molar-refractivity contribution in [1.82, 2.24) is 4.68 Å². The molecule has 3 aromatic rings. The molecule has 0 atom stereocenters. The van der Waals surface area contributed by atoms with E-state index in [0.29, 0.717) is 12.3 Å². The number of nitrogens with zero attached hydrogens (tertiary/aromatic N) is 3. The summed E-state index contributed by atoms with van der Waals surface area (Å²) in [5, 5.41) is 6.95. The van der Waals surface area contributed by atoms with Crippen LogP contribution in [0, 0.1) is 0 Å². The summed E-state index contributed by atoms with van der Waals surface area (Å²) in [4.78, 5) is 5.48. The molecule has 32 heavy (non-hydrogen) atoms. The molecular formula is C24H25N3O4S. The fourth-order valence-corrected chi connectivity index (χ4v) is 4.05. The molecule has 8 heteroatoms. The molecule has 0 N–H and O–H groups in total. The number of benzene rings is 2. The summed E-state index contributed by atoms with van der Waals surface area (Å²) in [6.45, 7) is 8.63. The van der Waals surface area contributed by atoms with Gasteiger partial charge in [0.25, 0.3) is 0 Å². The van der Waals surface area contributed by atoms with E-state index in [2.05, 4.69) is 6.58 Å². The Hall–Kier alpha value is -3.52. The van der Waals surface area contributed by atoms with Crippen molar-refractivity contribution in [3.8, 4) is 34.3 Å². The summed E-state index contributed by atoms with van der Waals surface area (Å²) in [7, 11) is 3.27. The van der Waals surface area contributed by atoms with Crippen molar-refractivity contribution in [3.05, 3.63) is 64.3 Å². The highest BCUT2D eigenvalue weighted by Gasteiger charge is 2.16. The summed E-state index contributed by atoms with van der Waals surface area (Å²) < 4.78 is 23.8. The van der Waals surface area contributed by atoms with Crippen LogP contribution in [0.2, 0.25) is 0 Å². The lowest BCUT2D eigenvalue weighted by Gasteiger charge is -2.12. The lowest BCUT2D eigenvalue weighted by atomic mass is 10.1. The first-order valence-electron chi connectivity index (χ1n) is 10.0. The highest BCUT2D eigenvalue weighted by atomic mass is 32.1. The molecule has 0 fully saturated rings. The standard InChI is InChI=1S/C24H25N3O4S/c1-15(2)12-25-24-27(26-16(3)17-6-9-21-23(10-17)31-14-30-21)20(13-32-24)19-8-7-18(28-4)11-22(19)29-5/h6-11,13H,1,12,14H2,2-5H3. The molecular weight excluding hydrogens is 426 g/mol. The monoisotopic (exact) mass is 451 g/mol. The maximum Gasteiger partial charge on any atom is 0.231 e. The lowest BCUT2D eigenvalue weighted by Crippen LogP contribution is -2.15. The van der Waals surface area contributed by atoms with Gasteiger partial charge in [-0.15, -0.1) is 11.3 Å². The molecule has 0 saturated carbocycles. The second kappa shape index (κ2) is 9.32. The molecule has 1 aliphatic rings. The zero-order valence-electron chi connectivity index (χ0n) is 18.5. The van der Waals surface area contributed by atoms with E-state index in [9.17, 15) is 0 Å². The molecule has 7 nitrogen and oxygen atoms in total. The Balaban J connectivity index is 1.84. The molecule has 4 rings (SSSR count). The van der Waals surface area contributed by atoms with Gasteiger partial charge >= 0.3 is 0 Å². The van der Waals surface area contributed by atoms with Crippen LogP contribution in [-0.4, -0.2) is 37.9 Å². The maximum atomic E-state index is 5.63. The van der Waals surface area contributed by atoms with E-state index in [1.807, 2.05) is 60.3 Å². The van der Waals surface area contributed by atoms with Crippen LogP contribution in [0.25, 0.3) is 11.3 Å². The number of fused-ring (bicyclic) bond motifs is 1. The first kappa shape index (κ1) is 21.7. The van der Waals surface area contributed by atoms with Gasteiger partial charge < -0.3 is 18.9 Å². The Kier molecular flexibility index (Phi) is 6.32. The summed E-state index contributed by atoms with van der Waals surface area (Å²) in [6.07, 6.45) is 0. The van der Waals surface area contributed by atoms with Crippen LogP contribution in [0.1, 0.15) is 19.4 Å². The van der Waals surface area contributed by atoms with Crippen LogP contribution < -0.4 is 23.7 Å². The summed E-state index contributed by atoms with van der Waals surface area (Å²) in [5.74, 6) is 2.88. The van der Waals surface area contributed by atoms with Gasteiger partial charge in [-0.2, -0.15) is 5.10 Å². The molecule has 0 saturated heterocycles. The molecule has 1 aliphatic heterocycles. The summed E-state index contributed by atoms with van der Waals surface area (Å²) in [6, 6.07) is 11.5. The third-order valence-electron chi connectivity index (χ3n) is 4.89. The van der Waals surface area contributed by atoms with Gasteiger partial charge in [-0.25, -0.2) is 4.68 Å². The lowest BCUT2D eigenvalue weighted by molar-refractivity contribution is 0.174. The minimum atomic E-state index is 0.236. The topological polar surface area (TPSA) is 66.6 Å². The number of hydrogen-bond donors (Lipinski definition) is 0. The van der Waals surface area contributed by atoms with Gasteiger partial charge in [-0.3, -0.25) is 4.99 Å². The Morgan fingerprint density at radius 3 is 2.66 bits per heavy atom. The Bertz CT molecular complexity index is 1260. The van der Waals surface area contributed by atoms with Crippen molar-refractivity contribution >= 4 is 17.0 Å². The van der Waals surface area contributed by atoms with Crippen LogP contribution >= 0.6 is 11.3 Å². The van der Waals surface area contributed by atoms with Crippen molar-refractivity contribution in [2.75, 3.05) is 27.6 Å². The van der Waals surface area contributed by atoms with E-state index in [4.69, 9.17) is 29.0 Å². The minimum Gasteiger partial charge on any atom is -0.497 e. The molecule has 0 bridgehead atoms. The number of methoxy groups -OCH3 is 2. The summed E-state index contributed by atoms with van der Waals surface area (Å²) >= 11 is 1.52. The first-order chi connectivity index (χ1) is 15.5. The quantitative estimate of drug-likeness (QED) is 0.385. The Morgan fingerprint density at radius 1 is 1.09 bits per heavy atom. The highest BCUT2D eigenvalue weighted by molar-refractivity contribution is 7.07. The SMILES string of the molecule is C=C(C)CN=c1scc(-c2ccc(OC)cc2OC)n1N=C(C)c1ccc2c(c1)OCO2. The average molecular weight is 452 g/mol. The minimum absolute atomic E-state index is 0.236. The van der Waals surface area contributed by atoms with Crippen molar-refractivity contribution in [2.45, 2.75) is 13.8 Å². The van der Waals surface area contributed by atoms with Crippen LogP contribution in [0.3, 0.4) is 0 Å². The number of thiazole rings is 1. The number of ether oxygens (including phenoxy) is 4. The molecule has 0 amide bonds. The van der Waals surface area contributed by atoms with Gasteiger partial charge in [-0.1, -0.05) is 12.2 Å². The van der Waals surface area contributed by atoms with Crippen molar-refractivity contribution < 1.29 is 18.9 Å². The summed E-state index contributed by atoms with van der Waals surface area (Å²) in [5.41, 5.74) is 4.49. The third kappa shape index (κ3) is 4.40. The smallest absolute Gasteiger partial charge is 0.231 e. The predicted octanol–water partition coefficient (Wildman–Crippen LogP) is 4.71. The molecule has 1 aromatic heterocycles. The van der Waals surface area contributed by atoms with Crippen molar-refractivity contribution in [3.63, 3.8) is 0 Å². The van der Waals surface area contributed by atoms with Gasteiger partial charge in [0.1, 0.15) is 11.5 Å². The van der Waals surface area contributed by atoms with Gasteiger partial charge in [0.15, 0.2) is 11.5 Å². The fourth-order valence-electron chi connectivity index (χ4n) is 3.23. The van der Waals surface area contributed by atoms with Crippen LogP contribution in [-0.2, 0) is 0 Å². The number of hydrogen-bond acceptors (Lipinski definition) is 7. The third-order valence-corrected chi connectivity index (χ3v) is 5.75. The molecule has 2 aromatic carbocycles. The van der Waals surface area contributed by atoms with Crippen LogP contribution in [0.5, 0.6) is 23.0 Å². The predicted molar refractivity (Wildman–Crippen MR) is 126 cm³/mol. The van der Waals surface area contributed by atoms with Crippen LogP contribution in [0.4, 0.5) is 0 Å². The van der Waals surface area contributed by atoms with E-state index in [0.717, 1.165) is 50.2 Å². The average Bonchev–Trinajstić information content (AvgIpc) is 3.43. The van der Waals surface area contributed by atoms with E-state index in [1.165, 1.54) is 11.3 Å². The molecule has 0 unspecified atom stereocenters. The second-order valence-corrected chi connectivity index (χ2v) is 8.14. The zero-order chi connectivity index (χ0) is 22.7. The van der Waals surface area contributed by atoms with Gasteiger partial charge in [0.2, 0.25) is 11.6 Å².